The van der Waals surface area contributed by atoms with Crippen LogP contribution in [-0.4, -0.2) is 22.3 Å². The summed E-state index contributed by atoms with van der Waals surface area (Å²) in [4.78, 5) is 0. The molecule has 5 heteroatoms. The monoisotopic (exact) mass is 163 g/mol. The third-order valence-corrected chi connectivity index (χ3v) is 1.72. The van der Waals surface area contributed by atoms with E-state index in [4.69, 9.17) is 10.0 Å². The van der Waals surface area contributed by atoms with Gasteiger partial charge >= 0.3 is 7.12 Å². The van der Waals surface area contributed by atoms with E-state index in [0.717, 1.165) is 0 Å². The van der Waals surface area contributed by atoms with Crippen molar-refractivity contribution < 1.29 is 14.6 Å². The van der Waals surface area contributed by atoms with Gasteiger partial charge in [-0.15, -0.1) is 0 Å². The minimum atomic E-state index is -1.48. The van der Waals surface area contributed by atoms with Crippen LogP contribution in [0.5, 0.6) is 0 Å². The van der Waals surface area contributed by atoms with Crippen LogP contribution in [0, 0.1) is 0 Å². The SMILES string of the molecule is OB(O)c1cccc2nocc12. The highest BCUT2D eigenvalue weighted by Crippen LogP contribution is 2.08. The second kappa shape index (κ2) is 2.62. The van der Waals surface area contributed by atoms with E-state index in [9.17, 15) is 0 Å². The number of hydrogen-bond acceptors (Lipinski definition) is 4. The molecule has 0 fully saturated rings. The van der Waals surface area contributed by atoms with E-state index < -0.39 is 7.12 Å². The smallest absolute Gasteiger partial charge is 0.423 e. The molecule has 0 bridgehead atoms. The lowest BCUT2D eigenvalue weighted by molar-refractivity contribution is 0.424. The normalized spacial score (nSPS) is 10.5. The molecule has 2 N–H and O–H groups in total. The first-order valence-corrected chi connectivity index (χ1v) is 3.48. The van der Waals surface area contributed by atoms with Gasteiger partial charge in [-0.3, -0.25) is 0 Å². The molecule has 0 amide bonds. The van der Waals surface area contributed by atoms with Crippen LogP contribution < -0.4 is 5.46 Å². The number of benzene rings is 1. The minimum Gasteiger partial charge on any atom is -0.423 e. The Bertz CT molecular complexity index is 398. The highest BCUT2D eigenvalue weighted by Gasteiger charge is 2.15. The molecule has 0 aliphatic heterocycles. The van der Waals surface area contributed by atoms with Gasteiger partial charge in [0.1, 0.15) is 11.8 Å². The number of rotatable bonds is 1. The van der Waals surface area contributed by atoms with E-state index in [1.807, 2.05) is 0 Å². The summed E-state index contributed by atoms with van der Waals surface area (Å²) in [5.74, 6) is 0. The maximum absolute atomic E-state index is 8.93. The molecule has 0 aliphatic carbocycles. The summed E-state index contributed by atoms with van der Waals surface area (Å²) in [5, 5.41) is 22.1. The van der Waals surface area contributed by atoms with Crippen molar-refractivity contribution in [3.63, 3.8) is 0 Å². The van der Waals surface area contributed by atoms with Gasteiger partial charge in [0.25, 0.3) is 0 Å². The standard InChI is InChI=1S/C7H6BNO3/c10-8(11)6-2-1-3-7-5(6)4-12-9-7/h1-4,10-11H. The molecule has 0 radical (unpaired) electrons. The molecule has 2 rings (SSSR count). The average molecular weight is 163 g/mol. The molecule has 1 aromatic carbocycles. The zero-order chi connectivity index (χ0) is 8.55. The fourth-order valence-corrected chi connectivity index (χ4v) is 1.14. The van der Waals surface area contributed by atoms with Gasteiger partial charge in [-0.05, 0) is 11.5 Å². The summed E-state index contributed by atoms with van der Waals surface area (Å²) in [5.41, 5.74) is 1.04. The van der Waals surface area contributed by atoms with Crippen LogP contribution in [0.1, 0.15) is 0 Å². The molecule has 0 unspecified atom stereocenters. The maximum atomic E-state index is 8.93. The lowest BCUT2D eigenvalue weighted by Gasteiger charge is -1.97. The minimum absolute atomic E-state index is 0.411. The van der Waals surface area contributed by atoms with Gasteiger partial charge in [-0.25, -0.2) is 0 Å². The lowest BCUT2D eigenvalue weighted by Crippen LogP contribution is -2.29. The first kappa shape index (κ1) is 7.33. The third kappa shape index (κ3) is 0.994. The van der Waals surface area contributed by atoms with E-state index >= 15 is 0 Å². The molecule has 1 aromatic heterocycles. The number of fused-ring (bicyclic) bond motifs is 1. The summed E-state index contributed by atoms with van der Waals surface area (Å²) in [6.07, 6.45) is 1.39. The number of aromatic nitrogens is 1. The van der Waals surface area contributed by atoms with Crippen molar-refractivity contribution in [1.82, 2.24) is 5.16 Å². The van der Waals surface area contributed by atoms with Gasteiger partial charge < -0.3 is 14.6 Å². The highest BCUT2D eigenvalue weighted by molar-refractivity contribution is 6.61. The van der Waals surface area contributed by atoms with Gasteiger partial charge in [0.15, 0.2) is 0 Å². The molecule has 1 heterocycles. The zero-order valence-electron chi connectivity index (χ0n) is 6.14. The van der Waals surface area contributed by atoms with E-state index in [2.05, 4.69) is 9.68 Å². The molecule has 4 nitrogen and oxygen atoms in total. The molecule has 0 saturated carbocycles. The van der Waals surface area contributed by atoms with Crippen molar-refractivity contribution >= 4 is 23.5 Å². The van der Waals surface area contributed by atoms with Gasteiger partial charge in [0.05, 0.1) is 0 Å². The van der Waals surface area contributed by atoms with Gasteiger partial charge in [-0.2, -0.15) is 0 Å². The predicted octanol–water partition coefficient (Wildman–Crippen LogP) is -0.492. The molecule has 60 valence electrons. The Labute approximate surface area is 68.6 Å². The maximum Gasteiger partial charge on any atom is 0.489 e. The van der Waals surface area contributed by atoms with Crippen molar-refractivity contribution in [1.29, 1.82) is 0 Å². The second-order valence-corrected chi connectivity index (χ2v) is 2.47. The largest absolute Gasteiger partial charge is 0.489 e. The van der Waals surface area contributed by atoms with Crippen LogP contribution in [0.4, 0.5) is 0 Å². The van der Waals surface area contributed by atoms with Crippen LogP contribution >= 0.6 is 0 Å². The van der Waals surface area contributed by atoms with Gasteiger partial charge in [0.2, 0.25) is 0 Å². The van der Waals surface area contributed by atoms with Crippen molar-refractivity contribution in [3.05, 3.63) is 24.5 Å². The fourth-order valence-electron chi connectivity index (χ4n) is 1.14. The van der Waals surface area contributed by atoms with Crippen LogP contribution in [0.15, 0.2) is 29.0 Å². The zero-order valence-corrected chi connectivity index (χ0v) is 6.14. The Balaban J connectivity index is 2.73. The van der Waals surface area contributed by atoms with Crippen LogP contribution in [0.3, 0.4) is 0 Å². The highest BCUT2D eigenvalue weighted by atomic mass is 16.5. The fraction of sp³-hybridized carbons (Fsp3) is 0. The quantitative estimate of drug-likeness (QED) is 0.556. The average Bonchev–Trinajstić information content (AvgIpc) is 2.49. The van der Waals surface area contributed by atoms with Gasteiger partial charge in [0, 0.05) is 5.39 Å². The molecular formula is C7H6BNO3. The van der Waals surface area contributed by atoms with E-state index in [1.54, 1.807) is 18.2 Å². The summed E-state index contributed by atoms with van der Waals surface area (Å²) >= 11 is 0. The molecule has 0 atom stereocenters. The first-order valence-electron chi connectivity index (χ1n) is 3.48. The van der Waals surface area contributed by atoms with Crippen molar-refractivity contribution in [3.8, 4) is 0 Å². The van der Waals surface area contributed by atoms with Crippen molar-refractivity contribution in [2.24, 2.45) is 0 Å². The summed E-state index contributed by atoms with van der Waals surface area (Å²) < 4.78 is 4.68. The molecule has 0 saturated heterocycles. The van der Waals surface area contributed by atoms with Crippen molar-refractivity contribution in [2.45, 2.75) is 0 Å². The molecule has 12 heavy (non-hydrogen) atoms. The first-order chi connectivity index (χ1) is 5.79. The number of nitrogens with zero attached hydrogens (tertiary/aromatic N) is 1. The molecule has 2 aromatic rings. The Kier molecular flexibility index (Phi) is 1.60. The Hall–Kier alpha value is -1.33. The van der Waals surface area contributed by atoms with E-state index in [0.29, 0.717) is 16.4 Å². The third-order valence-electron chi connectivity index (χ3n) is 1.72. The molecule has 0 spiro atoms. The second-order valence-electron chi connectivity index (χ2n) is 2.47. The Morgan fingerprint density at radius 3 is 2.92 bits per heavy atom. The van der Waals surface area contributed by atoms with Gasteiger partial charge in [-0.1, -0.05) is 17.3 Å². The topological polar surface area (TPSA) is 66.5 Å². The van der Waals surface area contributed by atoms with Crippen LogP contribution in [0.25, 0.3) is 10.9 Å². The summed E-state index contributed by atoms with van der Waals surface area (Å²) in [6.45, 7) is 0. The van der Waals surface area contributed by atoms with E-state index in [-0.39, 0.29) is 0 Å². The summed E-state index contributed by atoms with van der Waals surface area (Å²) in [7, 11) is -1.48. The van der Waals surface area contributed by atoms with Crippen LogP contribution in [-0.2, 0) is 0 Å². The lowest BCUT2D eigenvalue weighted by atomic mass is 9.78. The Morgan fingerprint density at radius 2 is 2.17 bits per heavy atom. The molecular weight excluding hydrogens is 157 g/mol. The Morgan fingerprint density at radius 1 is 1.33 bits per heavy atom. The number of hydrogen-bond donors (Lipinski definition) is 2. The van der Waals surface area contributed by atoms with Crippen molar-refractivity contribution in [2.75, 3.05) is 0 Å². The predicted molar refractivity (Wildman–Crippen MR) is 43.8 cm³/mol. The molecule has 0 aliphatic rings. The van der Waals surface area contributed by atoms with E-state index in [1.165, 1.54) is 6.26 Å². The van der Waals surface area contributed by atoms with Crippen LogP contribution in [0.2, 0.25) is 0 Å². The summed E-state index contributed by atoms with van der Waals surface area (Å²) in [6, 6.07) is 5.05.